The number of halogens is 1. The smallest absolute Gasteiger partial charge is 0.128 e. The van der Waals surface area contributed by atoms with E-state index in [-0.39, 0.29) is 17.9 Å². The molecule has 2 unspecified atom stereocenters. The molecule has 1 aliphatic rings. The quantitative estimate of drug-likeness (QED) is 0.887. The van der Waals surface area contributed by atoms with Gasteiger partial charge in [-0.3, -0.25) is 0 Å². The van der Waals surface area contributed by atoms with Crippen LogP contribution in [0.3, 0.4) is 0 Å². The summed E-state index contributed by atoms with van der Waals surface area (Å²) < 4.78 is 19.5. The van der Waals surface area contributed by atoms with Gasteiger partial charge in [0.2, 0.25) is 0 Å². The van der Waals surface area contributed by atoms with Crippen molar-refractivity contribution in [1.29, 1.82) is 0 Å². The second-order valence-corrected chi connectivity index (χ2v) is 5.89. The second-order valence-electron chi connectivity index (χ2n) is 5.89. The monoisotopic (exact) mass is 314 g/mol. The molecule has 2 aromatic rings. The van der Waals surface area contributed by atoms with Gasteiger partial charge in [-0.2, -0.15) is 0 Å². The Hall–Kier alpha value is -1.91. The second kappa shape index (κ2) is 7.57. The lowest BCUT2D eigenvalue weighted by atomic mass is 9.91. The molecule has 4 heteroatoms. The maximum atomic E-state index is 14.1. The van der Waals surface area contributed by atoms with Gasteiger partial charge in [-0.25, -0.2) is 4.39 Å². The van der Waals surface area contributed by atoms with Crippen LogP contribution in [0.2, 0.25) is 0 Å². The minimum Gasteiger partial charge on any atom is -0.496 e. The molecular formula is C19H23FN2O. The fourth-order valence-electron chi connectivity index (χ4n) is 3.25. The fraction of sp³-hybridized carbons (Fsp3) is 0.368. The van der Waals surface area contributed by atoms with Crippen molar-refractivity contribution >= 4 is 0 Å². The highest BCUT2D eigenvalue weighted by Gasteiger charge is 2.27. The van der Waals surface area contributed by atoms with Gasteiger partial charge in [0.15, 0.2) is 0 Å². The summed E-state index contributed by atoms with van der Waals surface area (Å²) in [5, 5.41) is 7.04. The van der Waals surface area contributed by atoms with Crippen LogP contribution in [0.25, 0.3) is 0 Å². The Morgan fingerprint density at radius 1 is 1.17 bits per heavy atom. The highest BCUT2D eigenvalue weighted by atomic mass is 19.1. The normalized spacial score (nSPS) is 21.1. The van der Waals surface area contributed by atoms with Gasteiger partial charge in [0.1, 0.15) is 11.6 Å². The highest BCUT2D eigenvalue weighted by Crippen LogP contribution is 2.26. The van der Waals surface area contributed by atoms with E-state index in [2.05, 4.69) is 16.7 Å². The Labute approximate surface area is 136 Å². The van der Waals surface area contributed by atoms with Crippen LogP contribution in [0.15, 0.2) is 48.5 Å². The van der Waals surface area contributed by atoms with Crippen molar-refractivity contribution in [2.24, 2.45) is 0 Å². The minimum atomic E-state index is -0.143. The Morgan fingerprint density at radius 2 is 1.96 bits per heavy atom. The zero-order valence-electron chi connectivity index (χ0n) is 13.4. The third kappa shape index (κ3) is 3.71. The average molecular weight is 314 g/mol. The van der Waals surface area contributed by atoms with Crippen molar-refractivity contribution in [3.63, 3.8) is 0 Å². The Kier molecular flexibility index (Phi) is 5.26. The van der Waals surface area contributed by atoms with E-state index >= 15 is 0 Å². The molecule has 2 aromatic carbocycles. The van der Waals surface area contributed by atoms with Gasteiger partial charge in [-0.15, -0.1) is 0 Å². The van der Waals surface area contributed by atoms with E-state index in [9.17, 15) is 4.39 Å². The number of nitrogens with one attached hydrogen (secondary N) is 2. The molecule has 0 saturated carbocycles. The molecule has 0 amide bonds. The summed E-state index contributed by atoms with van der Waals surface area (Å²) >= 11 is 0. The Balaban J connectivity index is 1.73. The summed E-state index contributed by atoms with van der Waals surface area (Å²) in [6, 6.07) is 15.2. The van der Waals surface area contributed by atoms with Crippen LogP contribution in [0.4, 0.5) is 4.39 Å². The Bertz CT molecular complexity index is 647. The van der Waals surface area contributed by atoms with E-state index in [1.165, 1.54) is 6.07 Å². The summed E-state index contributed by atoms with van der Waals surface area (Å²) in [6.45, 7) is 1.63. The number of piperidine rings is 1. The fourth-order valence-corrected chi connectivity index (χ4v) is 3.25. The first-order chi connectivity index (χ1) is 11.3. The topological polar surface area (TPSA) is 33.3 Å². The molecule has 2 N–H and O–H groups in total. The number of hydrogen-bond acceptors (Lipinski definition) is 3. The first-order valence-electron chi connectivity index (χ1n) is 8.12. The molecule has 1 aliphatic heterocycles. The summed E-state index contributed by atoms with van der Waals surface area (Å²) in [6.07, 6.45) is 2.12. The molecular weight excluding hydrogens is 291 g/mol. The molecule has 1 saturated heterocycles. The molecule has 0 aliphatic carbocycles. The third-order valence-electron chi connectivity index (χ3n) is 4.45. The van der Waals surface area contributed by atoms with E-state index in [0.717, 1.165) is 36.3 Å². The summed E-state index contributed by atoms with van der Waals surface area (Å²) in [5.74, 6) is 0.738. The number of para-hydroxylation sites is 1. The maximum absolute atomic E-state index is 14.1. The van der Waals surface area contributed by atoms with E-state index < -0.39 is 0 Å². The minimum absolute atomic E-state index is 0.000317. The van der Waals surface area contributed by atoms with Crippen LogP contribution in [-0.2, 0) is 6.54 Å². The first-order valence-corrected chi connectivity index (χ1v) is 8.12. The van der Waals surface area contributed by atoms with Gasteiger partial charge in [0.25, 0.3) is 0 Å². The Morgan fingerprint density at radius 3 is 2.78 bits per heavy atom. The standard InChI is InChI=1S/C19H23FN2O/c1-23-18-11-5-2-7-14(18)13-22-17-10-6-12-21-19(17)15-8-3-4-9-16(15)20/h2-5,7-9,11,17,19,21-22H,6,10,12-13H2,1H3. The molecule has 2 atom stereocenters. The molecule has 23 heavy (non-hydrogen) atoms. The van der Waals surface area contributed by atoms with Crippen LogP contribution in [0.5, 0.6) is 5.75 Å². The van der Waals surface area contributed by atoms with E-state index in [1.54, 1.807) is 13.2 Å². The van der Waals surface area contributed by atoms with Gasteiger partial charge in [0.05, 0.1) is 13.2 Å². The van der Waals surface area contributed by atoms with Gasteiger partial charge < -0.3 is 15.4 Å². The lowest BCUT2D eigenvalue weighted by molar-refractivity contribution is 0.297. The molecule has 0 aromatic heterocycles. The lowest BCUT2D eigenvalue weighted by Crippen LogP contribution is -2.46. The van der Waals surface area contributed by atoms with Gasteiger partial charge >= 0.3 is 0 Å². The summed E-state index contributed by atoms with van der Waals surface area (Å²) in [5.41, 5.74) is 1.86. The number of hydrogen-bond donors (Lipinski definition) is 2. The number of methoxy groups -OCH3 is 1. The largest absolute Gasteiger partial charge is 0.496 e. The summed E-state index contributed by atoms with van der Waals surface area (Å²) in [4.78, 5) is 0. The van der Waals surface area contributed by atoms with Crippen molar-refractivity contribution in [2.75, 3.05) is 13.7 Å². The number of rotatable bonds is 5. The van der Waals surface area contributed by atoms with Crippen molar-refractivity contribution in [1.82, 2.24) is 10.6 Å². The first kappa shape index (κ1) is 16.0. The maximum Gasteiger partial charge on any atom is 0.128 e. The van der Waals surface area contributed by atoms with Gasteiger partial charge in [-0.05, 0) is 31.5 Å². The predicted octanol–water partition coefficient (Wildman–Crippen LogP) is 3.42. The van der Waals surface area contributed by atoms with Crippen LogP contribution in [0.1, 0.15) is 30.0 Å². The highest BCUT2D eigenvalue weighted by molar-refractivity contribution is 5.33. The number of ether oxygens (including phenoxy) is 1. The van der Waals surface area contributed by atoms with Crippen molar-refractivity contribution in [2.45, 2.75) is 31.5 Å². The average Bonchev–Trinajstić information content (AvgIpc) is 2.61. The SMILES string of the molecule is COc1ccccc1CNC1CCCNC1c1ccccc1F. The van der Waals surface area contributed by atoms with Crippen LogP contribution < -0.4 is 15.4 Å². The van der Waals surface area contributed by atoms with Gasteiger partial charge in [-0.1, -0.05) is 36.4 Å². The van der Waals surface area contributed by atoms with Crippen LogP contribution in [-0.4, -0.2) is 19.7 Å². The zero-order valence-corrected chi connectivity index (χ0v) is 13.4. The molecule has 1 fully saturated rings. The molecule has 3 nitrogen and oxygen atoms in total. The molecule has 0 radical (unpaired) electrons. The molecule has 3 rings (SSSR count). The van der Waals surface area contributed by atoms with E-state index in [1.807, 2.05) is 30.3 Å². The summed E-state index contributed by atoms with van der Waals surface area (Å²) in [7, 11) is 1.68. The van der Waals surface area contributed by atoms with E-state index in [4.69, 9.17) is 4.74 Å². The molecule has 0 bridgehead atoms. The van der Waals surface area contributed by atoms with Crippen LogP contribution >= 0.6 is 0 Å². The van der Waals surface area contributed by atoms with E-state index in [0.29, 0.717) is 6.54 Å². The van der Waals surface area contributed by atoms with Crippen molar-refractivity contribution in [3.05, 3.63) is 65.5 Å². The number of benzene rings is 2. The third-order valence-corrected chi connectivity index (χ3v) is 4.45. The van der Waals surface area contributed by atoms with Gasteiger partial charge in [0, 0.05) is 23.7 Å². The molecule has 0 spiro atoms. The molecule has 122 valence electrons. The zero-order chi connectivity index (χ0) is 16.1. The molecule has 1 heterocycles. The lowest BCUT2D eigenvalue weighted by Gasteiger charge is -2.34. The van der Waals surface area contributed by atoms with Crippen molar-refractivity contribution < 1.29 is 9.13 Å². The predicted molar refractivity (Wildman–Crippen MR) is 90.0 cm³/mol. The van der Waals surface area contributed by atoms with Crippen molar-refractivity contribution in [3.8, 4) is 5.75 Å². The van der Waals surface area contributed by atoms with Crippen LogP contribution in [0, 0.1) is 5.82 Å².